The van der Waals surface area contributed by atoms with Gasteiger partial charge in [-0.25, -0.2) is 4.98 Å². The molecule has 1 fully saturated rings. The predicted octanol–water partition coefficient (Wildman–Crippen LogP) is 3.63. The molecule has 3 rings (SSSR count). The Morgan fingerprint density at radius 1 is 1.10 bits per heavy atom. The van der Waals surface area contributed by atoms with Crippen LogP contribution in [-0.2, 0) is 0 Å². The van der Waals surface area contributed by atoms with Gasteiger partial charge in [0.15, 0.2) is 0 Å². The summed E-state index contributed by atoms with van der Waals surface area (Å²) in [5.74, 6) is 1.66. The van der Waals surface area contributed by atoms with Crippen molar-refractivity contribution in [2.75, 3.05) is 6.54 Å². The highest BCUT2D eigenvalue weighted by Gasteiger charge is 2.25. The van der Waals surface area contributed by atoms with Gasteiger partial charge in [-0.05, 0) is 25.3 Å². The van der Waals surface area contributed by atoms with Gasteiger partial charge in [0, 0.05) is 24.0 Å². The maximum absolute atomic E-state index is 6.02. The quantitative estimate of drug-likeness (QED) is 0.865. The van der Waals surface area contributed by atoms with Crippen LogP contribution in [0.5, 0.6) is 0 Å². The van der Waals surface area contributed by atoms with Crippen LogP contribution in [0.2, 0.25) is 0 Å². The zero-order chi connectivity index (χ0) is 13.8. The molecule has 106 valence electrons. The van der Waals surface area contributed by atoms with Gasteiger partial charge < -0.3 is 10.3 Å². The Bertz CT molecular complexity index is 532. The topological polar surface area (TPSA) is 43.8 Å². The highest BCUT2D eigenvalue weighted by atomic mass is 15.1. The molecule has 0 saturated heterocycles. The molecule has 0 aliphatic heterocycles. The normalized spacial score (nSPS) is 23.4. The standard InChI is InChI=1S/C17H23N3/c18-13-15-9-5-2-6-10-16(15)20-12-11-19-17(20)14-7-3-1-4-8-14/h1,3-4,7-8,11-12,15-16H,2,5-6,9-10,13,18H2. The third-order valence-corrected chi connectivity index (χ3v) is 4.48. The van der Waals surface area contributed by atoms with E-state index in [4.69, 9.17) is 5.73 Å². The molecule has 0 amide bonds. The third kappa shape index (κ3) is 2.63. The minimum atomic E-state index is 0.500. The summed E-state index contributed by atoms with van der Waals surface area (Å²) < 4.78 is 2.36. The minimum absolute atomic E-state index is 0.500. The number of rotatable bonds is 3. The number of benzene rings is 1. The summed E-state index contributed by atoms with van der Waals surface area (Å²) in [6.45, 7) is 0.775. The first-order valence-corrected chi connectivity index (χ1v) is 7.68. The summed E-state index contributed by atoms with van der Waals surface area (Å²) in [6, 6.07) is 11.0. The Kier molecular flexibility index (Phi) is 4.16. The van der Waals surface area contributed by atoms with Crippen LogP contribution >= 0.6 is 0 Å². The lowest BCUT2D eigenvalue weighted by atomic mass is 9.94. The van der Waals surface area contributed by atoms with Crippen LogP contribution in [0.25, 0.3) is 11.4 Å². The number of hydrogen-bond donors (Lipinski definition) is 1. The van der Waals surface area contributed by atoms with Gasteiger partial charge in [0.05, 0.1) is 0 Å². The van der Waals surface area contributed by atoms with E-state index < -0.39 is 0 Å². The molecule has 2 N–H and O–H groups in total. The van der Waals surface area contributed by atoms with Gasteiger partial charge in [0.1, 0.15) is 5.82 Å². The van der Waals surface area contributed by atoms with Crippen molar-refractivity contribution in [2.24, 2.45) is 11.7 Å². The smallest absolute Gasteiger partial charge is 0.140 e. The van der Waals surface area contributed by atoms with E-state index in [1.807, 2.05) is 12.3 Å². The fourth-order valence-electron chi connectivity index (χ4n) is 3.40. The van der Waals surface area contributed by atoms with Gasteiger partial charge in [-0.1, -0.05) is 49.6 Å². The molecule has 2 atom stereocenters. The first kappa shape index (κ1) is 13.4. The number of aromatic nitrogens is 2. The maximum Gasteiger partial charge on any atom is 0.140 e. The molecule has 1 heterocycles. The van der Waals surface area contributed by atoms with Crippen LogP contribution in [-0.4, -0.2) is 16.1 Å². The molecule has 0 spiro atoms. The van der Waals surface area contributed by atoms with Crippen LogP contribution in [0.4, 0.5) is 0 Å². The van der Waals surface area contributed by atoms with E-state index >= 15 is 0 Å². The molecule has 1 aliphatic rings. The second-order valence-corrected chi connectivity index (χ2v) is 5.73. The van der Waals surface area contributed by atoms with Crippen molar-refractivity contribution in [1.82, 2.24) is 9.55 Å². The summed E-state index contributed by atoms with van der Waals surface area (Å²) in [5.41, 5.74) is 7.22. The molecule has 1 aromatic heterocycles. The molecule has 3 nitrogen and oxygen atoms in total. The van der Waals surface area contributed by atoms with Crippen molar-refractivity contribution >= 4 is 0 Å². The molecule has 1 aliphatic carbocycles. The second kappa shape index (κ2) is 6.23. The monoisotopic (exact) mass is 269 g/mol. The largest absolute Gasteiger partial charge is 0.330 e. The van der Waals surface area contributed by atoms with E-state index in [1.165, 1.54) is 37.7 Å². The molecule has 1 aromatic carbocycles. The second-order valence-electron chi connectivity index (χ2n) is 5.73. The van der Waals surface area contributed by atoms with E-state index in [2.05, 4.69) is 40.0 Å². The average Bonchev–Trinajstić information content (AvgIpc) is 2.86. The Balaban J connectivity index is 1.95. The van der Waals surface area contributed by atoms with Crippen LogP contribution < -0.4 is 5.73 Å². The average molecular weight is 269 g/mol. The lowest BCUT2D eigenvalue weighted by Crippen LogP contribution is -2.25. The molecule has 3 heteroatoms. The van der Waals surface area contributed by atoms with Gasteiger partial charge in [-0.2, -0.15) is 0 Å². The van der Waals surface area contributed by atoms with E-state index in [1.54, 1.807) is 0 Å². The number of hydrogen-bond acceptors (Lipinski definition) is 2. The molecule has 20 heavy (non-hydrogen) atoms. The number of imidazole rings is 1. The Hall–Kier alpha value is -1.61. The lowest BCUT2D eigenvalue weighted by molar-refractivity contribution is 0.319. The number of nitrogens with zero attached hydrogens (tertiary/aromatic N) is 2. The van der Waals surface area contributed by atoms with Crippen molar-refractivity contribution < 1.29 is 0 Å². The SMILES string of the molecule is NCC1CCCCCC1n1ccnc1-c1ccccc1. The van der Waals surface area contributed by atoms with Crippen LogP contribution in [0.15, 0.2) is 42.7 Å². The van der Waals surface area contributed by atoms with E-state index in [0.717, 1.165) is 12.4 Å². The first-order valence-electron chi connectivity index (χ1n) is 7.68. The molecule has 0 bridgehead atoms. The zero-order valence-corrected chi connectivity index (χ0v) is 11.9. The van der Waals surface area contributed by atoms with Crippen molar-refractivity contribution in [3.63, 3.8) is 0 Å². The highest BCUT2D eigenvalue weighted by Crippen LogP contribution is 2.34. The summed E-state index contributed by atoms with van der Waals surface area (Å²) in [7, 11) is 0. The van der Waals surface area contributed by atoms with E-state index in [0.29, 0.717) is 12.0 Å². The van der Waals surface area contributed by atoms with E-state index in [-0.39, 0.29) is 0 Å². The van der Waals surface area contributed by atoms with Crippen molar-refractivity contribution in [3.05, 3.63) is 42.7 Å². The van der Waals surface area contributed by atoms with Crippen LogP contribution in [0.1, 0.15) is 38.1 Å². The molecule has 1 saturated carbocycles. The van der Waals surface area contributed by atoms with Crippen LogP contribution in [0, 0.1) is 5.92 Å². The van der Waals surface area contributed by atoms with E-state index in [9.17, 15) is 0 Å². The molecule has 2 unspecified atom stereocenters. The van der Waals surface area contributed by atoms with Crippen molar-refractivity contribution in [2.45, 2.75) is 38.1 Å². The van der Waals surface area contributed by atoms with Gasteiger partial charge in [-0.3, -0.25) is 0 Å². The highest BCUT2D eigenvalue weighted by molar-refractivity contribution is 5.55. The Labute approximate surface area is 120 Å². The summed E-state index contributed by atoms with van der Waals surface area (Å²) in [4.78, 5) is 4.58. The molecular weight excluding hydrogens is 246 g/mol. The third-order valence-electron chi connectivity index (χ3n) is 4.48. The first-order chi connectivity index (χ1) is 9.90. The maximum atomic E-state index is 6.02. The minimum Gasteiger partial charge on any atom is -0.330 e. The van der Waals surface area contributed by atoms with Gasteiger partial charge in [0.2, 0.25) is 0 Å². The van der Waals surface area contributed by atoms with Crippen molar-refractivity contribution in [1.29, 1.82) is 0 Å². The summed E-state index contributed by atoms with van der Waals surface area (Å²) >= 11 is 0. The molecule has 2 aromatic rings. The summed E-state index contributed by atoms with van der Waals surface area (Å²) in [6.07, 6.45) is 10.5. The lowest BCUT2D eigenvalue weighted by Gasteiger charge is -2.27. The van der Waals surface area contributed by atoms with Crippen molar-refractivity contribution in [3.8, 4) is 11.4 Å². The predicted molar refractivity (Wildman–Crippen MR) is 82.3 cm³/mol. The van der Waals surface area contributed by atoms with Gasteiger partial charge in [-0.15, -0.1) is 0 Å². The number of nitrogens with two attached hydrogens (primary N) is 1. The fraction of sp³-hybridized carbons (Fsp3) is 0.471. The Morgan fingerprint density at radius 2 is 1.90 bits per heavy atom. The Morgan fingerprint density at radius 3 is 2.70 bits per heavy atom. The molecule has 0 radical (unpaired) electrons. The summed E-state index contributed by atoms with van der Waals surface area (Å²) in [5, 5.41) is 0. The van der Waals surface area contributed by atoms with Gasteiger partial charge in [0.25, 0.3) is 0 Å². The van der Waals surface area contributed by atoms with Gasteiger partial charge >= 0.3 is 0 Å². The van der Waals surface area contributed by atoms with Crippen LogP contribution in [0.3, 0.4) is 0 Å². The molecular formula is C17H23N3. The zero-order valence-electron chi connectivity index (χ0n) is 11.9. The fourth-order valence-corrected chi connectivity index (χ4v) is 3.40.